The number of amides is 1. The average Bonchev–Trinajstić information content (AvgIpc) is 2.30. The number of hydrogen-bond donors (Lipinski definition) is 4. The predicted octanol–water partition coefficient (Wildman–Crippen LogP) is 0.200. The van der Waals surface area contributed by atoms with Gasteiger partial charge in [-0.1, -0.05) is 12.1 Å². The Hall–Kier alpha value is -2.08. The second kappa shape index (κ2) is 6.61. The van der Waals surface area contributed by atoms with Gasteiger partial charge < -0.3 is 21.3 Å². The van der Waals surface area contributed by atoms with Crippen LogP contribution < -0.4 is 11.1 Å². The van der Waals surface area contributed by atoms with Crippen LogP contribution in [0.5, 0.6) is 5.75 Å². The Kier molecular flexibility index (Phi) is 5.13. The van der Waals surface area contributed by atoms with E-state index in [9.17, 15) is 9.59 Å². The summed E-state index contributed by atoms with van der Waals surface area (Å²) in [5, 5.41) is 20.9. The number of hydrogen-bond acceptors (Lipinski definition) is 4. The number of phenolic OH excluding ortho intramolecular Hbond substituents is 1. The molecule has 98 valence electrons. The number of benzene rings is 1. The number of carboxylic acids is 1. The van der Waals surface area contributed by atoms with E-state index in [-0.39, 0.29) is 18.6 Å². The maximum Gasteiger partial charge on any atom is 0.320 e. The predicted molar refractivity (Wildman–Crippen MR) is 64.8 cm³/mol. The Morgan fingerprint density at radius 1 is 1.28 bits per heavy atom. The van der Waals surface area contributed by atoms with Crippen LogP contribution in [0, 0.1) is 0 Å². The molecule has 0 aromatic heterocycles. The number of aliphatic carboxylic acids is 1. The highest BCUT2D eigenvalue weighted by molar-refractivity contribution is 5.77. The van der Waals surface area contributed by atoms with Gasteiger partial charge in [0.15, 0.2) is 0 Å². The van der Waals surface area contributed by atoms with Crippen molar-refractivity contribution in [3.05, 3.63) is 29.8 Å². The van der Waals surface area contributed by atoms with Gasteiger partial charge >= 0.3 is 5.97 Å². The van der Waals surface area contributed by atoms with Crippen molar-refractivity contribution in [1.29, 1.82) is 0 Å². The number of aromatic hydroxyl groups is 1. The van der Waals surface area contributed by atoms with Crippen LogP contribution in [-0.2, 0) is 16.1 Å². The zero-order valence-corrected chi connectivity index (χ0v) is 9.80. The molecule has 0 fully saturated rings. The second-order valence-corrected chi connectivity index (χ2v) is 3.94. The van der Waals surface area contributed by atoms with Gasteiger partial charge in [0.2, 0.25) is 5.91 Å². The Labute approximate surface area is 104 Å². The topological polar surface area (TPSA) is 113 Å². The molecule has 0 heterocycles. The summed E-state index contributed by atoms with van der Waals surface area (Å²) in [4.78, 5) is 21.5. The Bertz CT molecular complexity index is 417. The largest absolute Gasteiger partial charge is 0.508 e. The maximum absolute atomic E-state index is 10.9. The molecule has 5 N–H and O–H groups in total. The lowest BCUT2D eigenvalue weighted by Gasteiger charge is -2.13. The van der Waals surface area contributed by atoms with Crippen LogP contribution in [0.15, 0.2) is 24.3 Å². The number of primary amides is 1. The van der Waals surface area contributed by atoms with Gasteiger partial charge in [-0.3, -0.25) is 9.59 Å². The lowest BCUT2D eigenvalue weighted by Crippen LogP contribution is -2.37. The van der Waals surface area contributed by atoms with Crippen molar-refractivity contribution >= 4 is 11.9 Å². The van der Waals surface area contributed by atoms with E-state index in [1.54, 1.807) is 12.1 Å². The number of phenols is 1. The van der Waals surface area contributed by atoms with Crippen LogP contribution in [0.1, 0.15) is 18.4 Å². The molecule has 1 rings (SSSR count). The van der Waals surface area contributed by atoms with Gasteiger partial charge in [0.25, 0.3) is 0 Å². The van der Waals surface area contributed by atoms with Crippen LogP contribution in [0.3, 0.4) is 0 Å². The minimum Gasteiger partial charge on any atom is -0.508 e. The summed E-state index contributed by atoms with van der Waals surface area (Å²) < 4.78 is 0. The molecular formula is C12H16N2O4. The average molecular weight is 252 g/mol. The van der Waals surface area contributed by atoms with Crippen LogP contribution in [0.25, 0.3) is 0 Å². The number of carboxylic acid groups (broad SMARTS) is 1. The number of nitrogens with one attached hydrogen (secondary N) is 1. The van der Waals surface area contributed by atoms with Crippen molar-refractivity contribution < 1.29 is 19.8 Å². The van der Waals surface area contributed by atoms with E-state index in [1.165, 1.54) is 12.1 Å². The summed E-state index contributed by atoms with van der Waals surface area (Å²) in [6, 6.07) is 5.61. The van der Waals surface area contributed by atoms with E-state index in [2.05, 4.69) is 5.32 Å². The van der Waals surface area contributed by atoms with Gasteiger partial charge in [0.05, 0.1) is 0 Å². The minimum absolute atomic E-state index is 0.0273. The van der Waals surface area contributed by atoms with E-state index in [0.717, 1.165) is 5.56 Å². The van der Waals surface area contributed by atoms with E-state index in [1.807, 2.05) is 0 Å². The quantitative estimate of drug-likeness (QED) is 0.553. The summed E-state index contributed by atoms with van der Waals surface area (Å²) in [5.41, 5.74) is 5.82. The van der Waals surface area contributed by atoms with Gasteiger partial charge in [-0.05, 0) is 24.1 Å². The number of carbonyl (C=O) groups is 2. The molecule has 0 aliphatic rings. The first-order valence-electron chi connectivity index (χ1n) is 5.51. The lowest BCUT2D eigenvalue weighted by atomic mass is 10.1. The number of carbonyl (C=O) groups excluding carboxylic acids is 1. The molecule has 0 bridgehead atoms. The molecule has 0 aliphatic heterocycles. The van der Waals surface area contributed by atoms with Crippen molar-refractivity contribution in [2.75, 3.05) is 0 Å². The third-order valence-corrected chi connectivity index (χ3v) is 2.47. The normalized spacial score (nSPS) is 12.0. The van der Waals surface area contributed by atoms with E-state index in [0.29, 0.717) is 6.54 Å². The van der Waals surface area contributed by atoms with Crippen LogP contribution in [0.2, 0.25) is 0 Å². The summed E-state index contributed by atoms with van der Waals surface area (Å²) in [7, 11) is 0. The van der Waals surface area contributed by atoms with Crippen molar-refractivity contribution in [1.82, 2.24) is 5.32 Å². The van der Waals surface area contributed by atoms with Crippen molar-refractivity contribution in [3.8, 4) is 5.75 Å². The lowest BCUT2D eigenvalue weighted by molar-refractivity contribution is -0.139. The Morgan fingerprint density at radius 3 is 2.39 bits per heavy atom. The summed E-state index contributed by atoms with van der Waals surface area (Å²) in [5.74, 6) is -1.38. The first kappa shape index (κ1) is 14.0. The van der Waals surface area contributed by atoms with E-state index in [4.69, 9.17) is 15.9 Å². The third-order valence-electron chi connectivity index (χ3n) is 2.47. The molecule has 1 atom stereocenters. The minimum atomic E-state index is -1.02. The molecule has 0 spiro atoms. The van der Waals surface area contributed by atoms with Gasteiger partial charge in [-0.15, -0.1) is 0 Å². The van der Waals surface area contributed by atoms with Crippen LogP contribution in [0.4, 0.5) is 0 Å². The summed E-state index contributed by atoms with van der Waals surface area (Å²) in [6.45, 7) is 0.343. The third kappa shape index (κ3) is 4.84. The van der Waals surface area contributed by atoms with Gasteiger partial charge in [0.1, 0.15) is 11.8 Å². The van der Waals surface area contributed by atoms with Gasteiger partial charge in [-0.2, -0.15) is 0 Å². The zero-order chi connectivity index (χ0) is 13.5. The maximum atomic E-state index is 10.9. The fourth-order valence-electron chi connectivity index (χ4n) is 1.45. The highest BCUT2D eigenvalue weighted by Crippen LogP contribution is 2.09. The highest BCUT2D eigenvalue weighted by atomic mass is 16.4. The molecule has 1 amide bonds. The molecule has 0 saturated carbocycles. The van der Waals surface area contributed by atoms with Gasteiger partial charge in [-0.25, -0.2) is 0 Å². The van der Waals surface area contributed by atoms with Crippen molar-refractivity contribution in [3.63, 3.8) is 0 Å². The molecule has 1 aromatic rings. The highest BCUT2D eigenvalue weighted by Gasteiger charge is 2.17. The Balaban J connectivity index is 2.49. The molecule has 6 nitrogen and oxygen atoms in total. The monoisotopic (exact) mass is 252 g/mol. The molecule has 18 heavy (non-hydrogen) atoms. The first-order chi connectivity index (χ1) is 8.49. The standard InChI is InChI=1S/C12H16N2O4/c13-11(16)6-5-10(12(17)18)14-7-8-1-3-9(15)4-2-8/h1-4,10,14-15H,5-7H2,(H2,13,16)(H,17,18)/t10-/m0/s1. The SMILES string of the molecule is NC(=O)CC[C@H](NCc1ccc(O)cc1)C(=O)O. The first-order valence-corrected chi connectivity index (χ1v) is 5.51. The molecule has 1 aromatic carbocycles. The summed E-state index contributed by atoms with van der Waals surface area (Å²) in [6.07, 6.45) is 0.183. The fraction of sp³-hybridized carbons (Fsp3) is 0.333. The van der Waals surface area contributed by atoms with Crippen LogP contribution >= 0.6 is 0 Å². The van der Waals surface area contributed by atoms with Crippen molar-refractivity contribution in [2.45, 2.75) is 25.4 Å². The van der Waals surface area contributed by atoms with Crippen molar-refractivity contribution in [2.24, 2.45) is 5.73 Å². The number of rotatable bonds is 7. The Morgan fingerprint density at radius 2 is 1.89 bits per heavy atom. The zero-order valence-electron chi connectivity index (χ0n) is 9.80. The molecule has 0 radical (unpaired) electrons. The molecule has 0 saturated heterocycles. The fourth-order valence-corrected chi connectivity index (χ4v) is 1.45. The summed E-state index contributed by atoms with van der Waals surface area (Å²) >= 11 is 0. The molecule has 0 unspecified atom stereocenters. The molecular weight excluding hydrogens is 236 g/mol. The molecule has 6 heteroatoms. The van der Waals surface area contributed by atoms with Gasteiger partial charge in [0, 0.05) is 13.0 Å². The number of nitrogens with two attached hydrogens (primary N) is 1. The smallest absolute Gasteiger partial charge is 0.320 e. The van der Waals surface area contributed by atoms with Crippen LogP contribution in [-0.4, -0.2) is 28.1 Å². The second-order valence-electron chi connectivity index (χ2n) is 3.94. The van der Waals surface area contributed by atoms with E-state index < -0.39 is 17.9 Å². The van der Waals surface area contributed by atoms with E-state index >= 15 is 0 Å². The molecule has 0 aliphatic carbocycles.